The number of carboxylic acid groups (broad SMARTS) is 1. The number of hydrogen-bond donors (Lipinski definition) is 2. The molecule has 0 heterocycles. The molecule has 7 heteroatoms. The molecule has 2 rings (SSSR count). The number of rotatable bonds is 10. The van der Waals surface area contributed by atoms with Crippen molar-refractivity contribution < 1.29 is 24.2 Å². The second-order valence-corrected chi connectivity index (χ2v) is 7.28. The van der Waals surface area contributed by atoms with Gasteiger partial charge < -0.3 is 15.6 Å². The lowest BCUT2D eigenvalue weighted by molar-refractivity contribution is -0.165. The molecule has 2 aromatic rings. The Hall–Kier alpha value is -3.03. The Balaban J connectivity index is 2.22. The molecule has 0 amide bonds. The fraction of sp³-hybridized carbons (Fsp3) is 0.348. The van der Waals surface area contributed by atoms with Crippen LogP contribution in [0.2, 0.25) is 0 Å². The first-order chi connectivity index (χ1) is 14.3. The van der Waals surface area contributed by atoms with Gasteiger partial charge in [0.25, 0.3) is 0 Å². The third-order valence-electron chi connectivity index (χ3n) is 4.93. The average Bonchev–Trinajstić information content (AvgIpc) is 2.73. The number of aliphatic carboxylic acids is 1. The van der Waals surface area contributed by atoms with Crippen molar-refractivity contribution in [2.24, 2.45) is 5.73 Å². The van der Waals surface area contributed by atoms with Crippen LogP contribution in [0.1, 0.15) is 24.5 Å². The maximum Gasteiger partial charge on any atom is 0.331 e. The number of esters is 2. The van der Waals surface area contributed by atoms with Crippen LogP contribution < -0.4 is 5.73 Å². The van der Waals surface area contributed by atoms with E-state index in [4.69, 9.17) is 10.5 Å². The van der Waals surface area contributed by atoms with Crippen molar-refractivity contribution in [2.75, 3.05) is 7.05 Å². The third kappa shape index (κ3) is 6.79. The minimum Gasteiger partial charge on any atom is -0.480 e. The molecule has 0 spiro atoms. The number of carboxylic acids is 1. The fourth-order valence-electron chi connectivity index (χ4n) is 3.16. The predicted octanol–water partition coefficient (Wildman–Crippen LogP) is 2.03. The zero-order valence-corrected chi connectivity index (χ0v) is 17.2. The molecule has 0 aromatic heterocycles. The predicted molar refractivity (Wildman–Crippen MR) is 113 cm³/mol. The van der Waals surface area contributed by atoms with Crippen LogP contribution >= 0.6 is 0 Å². The van der Waals surface area contributed by atoms with E-state index >= 15 is 0 Å². The van der Waals surface area contributed by atoms with Crippen molar-refractivity contribution in [3.63, 3.8) is 0 Å². The lowest BCUT2D eigenvalue weighted by Crippen LogP contribution is -2.51. The van der Waals surface area contributed by atoms with Gasteiger partial charge in [-0.25, -0.2) is 9.59 Å². The molecule has 30 heavy (non-hydrogen) atoms. The van der Waals surface area contributed by atoms with Crippen LogP contribution in [-0.4, -0.2) is 53.1 Å². The molecule has 0 aliphatic carbocycles. The van der Waals surface area contributed by atoms with E-state index in [1.807, 2.05) is 60.7 Å². The van der Waals surface area contributed by atoms with E-state index in [-0.39, 0.29) is 6.42 Å². The first-order valence-corrected chi connectivity index (χ1v) is 9.83. The minimum absolute atomic E-state index is 0.206. The minimum atomic E-state index is -1.04. The highest BCUT2D eigenvalue weighted by Crippen LogP contribution is 2.17. The number of benzene rings is 2. The van der Waals surface area contributed by atoms with E-state index in [1.165, 1.54) is 11.8 Å². The quantitative estimate of drug-likeness (QED) is 0.454. The molecule has 3 atom stereocenters. The smallest absolute Gasteiger partial charge is 0.331 e. The normalized spacial score (nSPS) is 14.0. The van der Waals surface area contributed by atoms with Crippen molar-refractivity contribution in [1.82, 2.24) is 4.90 Å². The summed E-state index contributed by atoms with van der Waals surface area (Å²) in [6.45, 7) is 1.42. The van der Waals surface area contributed by atoms with Gasteiger partial charge in [0.15, 0.2) is 0 Å². The van der Waals surface area contributed by atoms with Crippen LogP contribution in [0.3, 0.4) is 0 Å². The van der Waals surface area contributed by atoms with Crippen molar-refractivity contribution in [3.8, 4) is 0 Å². The summed E-state index contributed by atoms with van der Waals surface area (Å²) in [6.07, 6.45) is 1.04. The zero-order chi connectivity index (χ0) is 22.1. The summed E-state index contributed by atoms with van der Waals surface area (Å²) < 4.78 is 4.92. The fourth-order valence-corrected chi connectivity index (χ4v) is 3.16. The first kappa shape index (κ1) is 23.3. The number of carbonyl (C=O) groups excluding carboxylic acids is 2. The van der Waals surface area contributed by atoms with E-state index in [0.29, 0.717) is 12.8 Å². The zero-order valence-electron chi connectivity index (χ0n) is 17.2. The lowest BCUT2D eigenvalue weighted by Gasteiger charge is -2.31. The number of hydrogen-bond acceptors (Lipinski definition) is 6. The largest absolute Gasteiger partial charge is 0.480 e. The number of ether oxygens (including phenoxy) is 1. The van der Waals surface area contributed by atoms with Crippen molar-refractivity contribution in [2.45, 2.75) is 44.3 Å². The number of nitrogens with zero attached hydrogens (tertiary/aromatic N) is 1. The number of likely N-dealkylation sites (N-methyl/N-ethyl adjacent to an activating group) is 1. The maximum absolute atomic E-state index is 12.8. The van der Waals surface area contributed by atoms with Crippen LogP contribution in [-0.2, 0) is 32.0 Å². The summed E-state index contributed by atoms with van der Waals surface area (Å²) in [7, 11) is 1.56. The van der Waals surface area contributed by atoms with Crippen LogP contribution in [0.4, 0.5) is 0 Å². The van der Waals surface area contributed by atoms with Gasteiger partial charge in [-0.3, -0.25) is 9.69 Å². The van der Waals surface area contributed by atoms with Crippen LogP contribution in [0.5, 0.6) is 0 Å². The van der Waals surface area contributed by atoms with Gasteiger partial charge in [0.2, 0.25) is 0 Å². The van der Waals surface area contributed by atoms with Crippen LogP contribution in [0.25, 0.3) is 0 Å². The molecule has 1 unspecified atom stereocenters. The Morgan fingerprint density at radius 1 is 0.933 bits per heavy atom. The van der Waals surface area contributed by atoms with Gasteiger partial charge in [-0.2, -0.15) is 0 Å². The molecule has 0 fully saturated rings. The first-order valence-electron chi connectivity index (χ1n) is 9.83. The van der Waals surface area contributed by atoms with Crippen molar-refractivity contribution in [1.29, 1.82) is 0 Å². The molecule has 0 aliphatic heterocycles. The highest BCUT2D eigenvalue weighted by molar-refractivity contribution is 5.91. The van der Waals surface area contributed by atoms with E-state index in [2.05, 4.69) is 0 Å². The van der Waals surface area contributed by atoms with Gasteiger partial charge in [-0.1, -0.05) is 60.7 Å². The SMILES string of the molecule is C[C@H](N)C(=O)OC(=O)[C@H](Cc1ccccc1)N(C)C(CCc1ccccc1)C(=O)O. The van der Waals surface area contributed by atoms with Crippen molar-refractivity contribution in [3.05, 3.63) is 71.8 Å². The van der Waals surface area contributed by atoms with Gasteiger partial charge in [0, 0.05) is 0 Å². The Labute approximate surface area is 176 Å². The summed E-state index contributed by atoms with van der Waals surface area (Å²) in [5.74, 6) is -2.70. The topological polar surface area (TPSA) is 110 Å². The van der Waals surface area contributed by atoms with Crippen LogP contribution in [0.15, 0.2) is 60.7 Å². The third-order valence-corrected chi connectivity index (χ3v) is 4.93. The molecule has 2 aromatic carbocycles. The number of aryl methyl sites for hydroxylation is 1. The maximum atomic E-state index is 12.8. The molecule has 0 saturated carbocycles. The van der Waals surface area contributed by atoms with E-state index in [0.717, 1.165) is 11.1 Å². The van der Waals surface area contributed by atoms with Crippen LogP contribution in [0, 0.1) is 0 Å². The molecule has 0 saturated heterocycles. The highest BCUT2D eigenvalue weighted by Gasteiger charge is 2.35. The van der Waals surface area contributed by atoms with Gasteiger partial charge in [0.1, 0.15) is 18.1 Å². The molecule has 7 nitrogen and oxygen atoms in total. The Morgan fingerprint density at radius 3 is 1.97 bits per heavy atom. The van der Waals surface area contributed by atoms with Gasteiger partial charge in [0.05, 0.1) is 0 Å². The van der Waals surface area contributed by atoms with E-state index in [9.17, 15) is 19.5 Å². The molecular weight excluding hydrogens is 384 g/mol. The standard InChI is InChI=1S/C23H28N2O5/c1-16(24)22(28)30-23(29)20(15-18-11-7-4-8-12-18)25(2)19(21(26)27)14-13-17-9-5-3-6-10-17/h3-12,16,19-20H,13-15,24H2,1-2H3,(H,26,27)/t16-,19?,20-/m0/s1. The number of nitrogens with two attached hydrogens (primary N) is 1. The monoisotopic (exact) mass is 412 g/mol. The Kier molecular flexibility index (Phi) is 8.70. The summed E-state index contributed by atoms with van der Waals surface area (Å²) >= 11 is 0. The van der Waals surface area contributed by atoms with E-state index in [1.54, 1.807) is 7.05 Å². The molecule has 0 radical (unpaired) electrons. The van der Waals surface area contributed by atoms with E-state index < -0.39 is 36.0 Å². The summed E-state index contributed by atoms with van der Waals surface area (Å²) in [6, 6.07) is 15.9. The summed E-state index contributed by atoms with van der Waals surface area (Å²) in [5.41, 5.74) is 7.33. The second kappa shape index (κ2) is 11.2. The molecule has 0 bridgehead atoms. The van der Waals surface area contributed by atoms with Crippen molar-refractivity contribution >= 4 is 17.9 Å². The van der Waals surface area contributed by atoms with Gasteiger partial charge >= 0.3 is 17.9 Å². The number of carbonyl (C=O) groups is 3. The van der Waals surface area contributed by atoms with Gasteiger partial charge in [-0.15, -0.1) is 0 Å². The lowest BCUT2D eigenvalue weighted by atomic mass is 10.00. The van der Waals surface area contributed by atoms with Gasteiger partial charge in [-0.05, 0) is 44.4 Å². The highest BCUT2D eigenvalue weighted by atomic mass is 16.6. The average molecular weight is 412 g/mol. The summed E-state index contributed by atoms with van der Waals surface area (Å²) in [4.78, 5) is 38.1. The summed E-state index contributed by atoms with van der Waals surface area (Å²) in [5, 5.41) is 9.81. The Bertz CT molecular complexity index is 839. The molecule has 160 valence electrons. The molecule has 0 aliphatic rings. The second-order valence-electron chi connectivity index (χ2n) is 7.28. The molecule has 3 N–H and O–H groups in total. The Morgan fingerprint density at radius 2 is 1.47 bits per heavy atom. The molecular formula is C23H28N2O5.